The largest absolute Gasteiger partial charge is 0.496 e. The Hall–Kier alpha value is -2.44. The van der Waals surface area contributed by atoms with Gasteiger partial charge in [0, 0.05) is 28.6 Å². The van der Waals surface area contributed by atoms with Gasteiger partial charge in [-0.3, -0.25) is 9.59 Å². The highest BCUT2D eigenvalue weighted by atomic mass is 35.5. The zero-order valence-electron chi connectivity index (χ0n) is 15.7. The van der Waals surface area contributed by atoms with Gasteiger partial charge in [-0.25, -0.2) is 0 Å². The number of carbonyl (C=O) groups excluding carboxylic acids is 2. The smallest absolute Gasteiger partial charge is 0.265 e. The second-order valence-corrected chi connectivity index (χ2v) is 7.92. The number of rotatable bonds is 5. The summed E-state index contributed by atoms with van der Waals surface area (Å²) < 4.78 is 5.45. The van der Waals surface area contributed by atoms with Gasteiger partial charge in [0.15, 0.2) is 0 Å². The van der Waals surface area contributed by atoms with Crippen molar-refractivity contribution in [2.45, 2.75) is 20.4 Å². The molecule has 1 aliphatic rings. The molecule has 2 aromatic carbocycles. The van der Waals surface area contributed by atoms with Gasteiger partial charge in [0.2, 0.25) is 0 Å². The fraction of sp³-hybridized carbons (Fsp3) is 0.238. The predicted octanol–water partition coefficient (Wildman–Crippen LogP) is 4.51. The van der Waals surface area contributed by atoms with Crippen LogP contribution in [0.5, 0.6) is 0 Å². The summed E-state index contributed by atoms with van der Waals surface area (Å²) in [4.78, 5) is 25.7. The van der Waals surface area contributed by atoms with E-state index in [1.54, 1.807) is 25.1 Å². The van der Waals surface area contributed by atoms with Crippen molar-refractivity contribution in [2.75, 3.05) is 17.7 Å². The van der Waals surface area contributed by atoms with Crippen LogP contribution in [0.2, 0.25) is 5.02 Å². The van der Waals surface area contributed by atoms with Crippen molar-refractivity contribution in [2.24, 2.45) is 0 Å². The number of aryl methyl sites for hydroxylation is 1. The van der Waals surface area contributed by atoms with Crippen LogP contribution in [0.1, 0.15) is 28.4 Å². The summed E-state index contributed by atoms with van der Waals surface area (Å²) in [5.41, 5.74) is 2.87. The molecule has 0 bridgehead atoms. The normalized spacial score (nSPS) is 13.7. The number of ether oxygens (including phenoxy) is 1. The molecule has 0 radical (unpaired) electrons. The third-order valence-electron chi connectivity index (χ3n) is 4.26. The number of halogens is 1. The SMILES string of the molecule is CC1=C(C(=O)Nc2cc(C(=O)NCc3cccc(Cl)c3)ccc2C)SCCO1. The van der Waals surface area contributed by atoms with Gasteiger partial charge in [-0.05, 0) is 49.2 Å². The molecule has 28 heavy (non-hydrogen) atoms. The topological polar surface area (TPSA) is 67.4 Å². The molecule has 0 atom stereocenters. The fourth-order valence-electron chi connectivity index (χ4n) is 2.74. The van der Waals surface area contributed by atoms with E-state index in [9.17, 15) is 9.59 Å². The van der Waals surface area contributed by atoms with E-state index in [0.717, 1.165) is 16.9 Å². The van der Waals surface area contributed by atoms with E-state index in [2.05, 4.69) is 10.6 Å². The molecule has 0 aromatic heterocycles. The summed E-state index contributed by atoms with van der Waals surface area (Å²) in [6, 6.07) is 12.6. The van der Waals surface area contributed by atoms with Crippen LogP contribution in [0.15, 0.2) is 53.1 Å². The van der Waals surface area contributed by atoms with Crippen molar-refractivity contribution in [1.29, 1.82) is 0 Å². The first-order valence-electron chi connectivity index (χ1n) is 8.85. The molecule has 0 saturated heterocycles. The first kappa shape index (κ1) is 20.3. The Morgan fingerprint density at radius 2 is 1.96 bits per heavy atom. The maximum atomic E-state index is 12.6. The van der Waals surface area contributed by atoms with Crippen molar-refractivity contribution in [3.8, 4) is 0 Å². The van der Waals surface area contributed by atoms with Crippen LogP contribution in [0.25, 0.3) is 0 Å². The molecule has 1 heterocycles. The Kier molecular flexibility index (Phi) is 6.65. The van der Waals surface area contributed by atoms with Crippen molar-refractivity contribution in [3.05, 3.63) is 74.8 Å². The molecule has 2 aromatic rings. The molecular weight excluding hydrogens is 396 g/mol. The van der Waals surface area contributed by atoms with Crippen LogP contribution in [0.4, 0.5) is 5.69 Å². The molecule has 0 fully saturated rings. The third-order valence-corrected chi connectivity index (χ3v) is 5.63. The average Bonchev–Trinajstić information content (AvgIpc) is 2.68. The summed E-state index contributed by atoms with van der Waals surface area (Å²) in [6.07, 6.45) is 0. The fourth-order valence-corrected chi connectivity index (χ4v) is 3.77. The molecule has 0 unspecified atom stereocenters. The molecule has 7 heteroatoms. The summed E-state index contributed by atoms with van der Waals surface area (Å²) in [5.74, 6) is 0.926. The van der Waals surface area contributed by atoms with E-state index in [4.69, 9.17) is 16.3 Å². The summed E-state index contributed by atoms with van der Waals surface area (Å²) in [5, 5.41) is 6.39. The van der Waals surface area contributed by atoms with Gasteiger partial charge in [0.25, 0.3) is 11.8 Å². The number of amides is 2. The minimum Gasteiger partial charge on any atom is -0.496 e. The van der Waals surface area contributed by atoms with Crippen LogP contribution in [-0.4, -0.2) is 24.2 Å². The highest BCUT2D eigenvalue weighted by molar-refractivity contribution is 8.04. The molecule has 146 valence electrons. The maximum absolute atomic E-state index is 12.6. The van der Waals surface area contributed by atoms with Crippen LogP contribution in [0.3, 0.4) is 0 Å². The quantitative estimate of drug-likeness (QED) is 0.752. The molecular formula is C21H21ClN2O3S. The van der Waals surface area contributed by atoms with E-state index in [0.29, 0.717) is 40.1 Å². The summed E-state index contributed by atoms with van der Waals surface area (Å²) in [7, 11) is 0. The minimum absolute atomic E-state index is 0.221. The number of hydrogen-bond donors (Lipinski definition) is 2. The van der Waals surface area contributed by atoms with Crippen LogP contribution in [0, 0.1) is 6.92 Å². The molecule has 3 rings (SSSR count). The van der Waals surface area contributed by atoms with Gasteiger partial charge in [0.05, 0.1) is 6.61 Å². The number of carbonyl (C=O) groups is 2. The van der Waals surface area contributed by atoms with E-state index in [-0.39, 0.29) is 11.8 Å². The van der Waals surface area contributed by atoms with Gasteiger partial charge >= 0.3 is 0 Å². The van der Waals surface area contributed by atoms with Crippen molar-refractivity contribution < 1.29 is 14.3 Å². The maximum Gasteiger partial charge on any atom is 0.265 e. The Bertz CT molecular complexity index is 943. The molecule has 1 aliphatic heterocycles. The Morgan fingerprint density at radius 1 is 1.14 bits per heavy atom. The number of benzene rings is 2. The molecule has 0 saturated carbocycles. The lowest BCUT2D eigenvalue weighted by Crippen LogP contribution is -2.23. The minimum atomic E-state index is -0.221. The molecule has 2 N–H and O–H groups in total. The lowest BCUT2D eigenvalue weighted by atomic mass is 10.1. The Labute approximate surface area is 173 Å². The molecule has 0 aliphatic carbocycles. The lowest BCUT2D eigenvalue weighted by molar-refractivity contribution is -0.112. The van der Waals surface area contributed by atoms with Crippen LogP contribution < -0.4 is 10.6 Å². The van der Waals surface area contributed by atoms with Crippen LogP contribution >= 0.6 is 23.4 Å². The highest BCUT2D eigenvalue weighted by Gasteiger charge is 2.20. The zero-order valence-corrected chi connectivity index (χ0v) is 17.2. The standard InChI is InChI=1S/C21H21ClN2O3S/c1-13-6-7-16(20(25)23-12-15-4-3-5-17(22)10-15)11-18(13)24-21(26)19-14(2)27-8-9-28-19/h3-7,10-11H,8-9,12H2,1-2H3,(H,23,25)(H,24,26). The molecule has 0 spiro atoms. The lowest BCUT2D eigenvalue weighted by Gasteiger charge is -2.18. The van der Waals surface area contributed by atoms with Crippen molar-refractivity contribution >= 4 is 40.9 Å². The number of allylic oxidation sites excluding steroid dienone is 1. The van der Waals surface area contributed by atoms with Gasteiger partial charge < -0.3 is 15.4 Å². The van der Waals surface area contributed by atoms with Gasteiger partial charge in [-0.2, -0.15) is 0 Å². The van der Waals surface area contributed by atoms with Crippen LogP contribution in [-0.2, 0) is 16.1 Å². The second kappa shape index (κ2) is 9.17. The Morgan fingerprint density at radius 3 is 2.71 bits per heavy atom. The molecule has 5 nitrogen and oxygen atoms in total. The average molecular weight is 417 g/mol. The highest BCUT2D eigenvalue weighted by Crippen LogP contribution is 2.27. The summed E-state index contributed by atoms with van der Waals surface area (Å²) >= 11 is 7.45. The van der Waals surface area contributed by atoms with Crippen molar-refractivity contribution in [3.63, 3.8) is 0 Å². The zero-order chi connectivity index (χ0) is 20.1. The number of thioether (sulfide) groups is 1. The number of nitrogens with one attached hydrogen (secondary N) is 2. The van der Waals surface area contributed by atoms with Crippen molar-refractivity contribution in [1.82, 2.24) is 5.32 Å². The van der Waals surface area contributed by atoms with Gasteiger partial charge in [0.1, 0.15) is 10.7 Å². The monoisotopic (exact) mass is 416 g/mol. The molecule has 2 amide bonds. The van der Waals surface area contributed by atoms with E-state index < -0.39 is 0 Å². The number of anilines is 1. The third kappa shape index (κ3) is 5.09. The second-order valence-electron chi connectivity index (χ2n) is 6.38. The van der Waals surface area contributed by atoms with Gasteiger partial charge in [-0.15, -0.1) is 11.8 Å². The first-order chi connectivity index (χ1) is 13.4. The first-order valence-corrected chi connectivity index (χ1v) is 10.2. The van der Waals surface area contributed by atoms with E-state index in [1.165, 1.54) is 11.8 Å². The Balaban J connectivity index is 1.70. The number of hydrogen-bond acceptors (Lipinski definition) is 4. The van der Waals surface area contributed by atoms with E-state index in [1.807, 2.05) is 31.2 Å². The van der Waals surface area contributed by atoms with E-state index >= 15 is 0 Å². The summed E-state index contributed by atoms with van der Waals surface area (Å²) in [6.45, 7) is 4.65. The predicted molar refractivity (Wildman–Crippen MR) is 114 cm³/mol. The van der Waals surface area contributed by atoms with Gasteiger partial charge in [-0.1, -0.05) is 29.8 Å².